The number of nitrogens with one attached hydrogen (secondary N) is 1. The van der Waals surface area contributed by atoms with Crippen LogP contribution < -0.4 is 10.5 Å². The summed E-state index contributed by atoms with van der Waals surface area (Å²) in [5, 5.41) is 20.7. The molecule has 0 amide bonds. The third-order valence-electron chi connectivity index (χ3n) is 2.76. The maximum Gasteiger partial charge on any atom is 0.228 e. The second kappa shape index (κ2) is 5.11. The van der Waals surface area contributed by atoms with Gasteiger partial charge in [-0.2, -0.15) is 5.10 Å². The van der Waals surface area contributed by atoms with Gasteiger partial charge in [-0.1, -0.05) is 12.1 Å². The topological polar surface area (TPSA) is 97.1 Å². The van der Waals surface area contributed by atoms with Gasteiger partial charge in [0, 0.05) is 7.05 Å². The summed E-state index contributed by atoms with van der Waals surface area (Å²) in [6.45, 7) is 1.77. The number of ether oxygens (including phenoxy) is 1. The van der Waals surface area contributed by atoms with Crippen LogP contribution in [0, 0.1) is 12.3 Å². The van der Waals surface area contributed by atoms with Crippen molar-refractivity contribution in [3.05, 3.63) is 41.1 Å². The number of aryl methyl sites for hydroxylation is 2. The Balaban J connectivity index is 2.34. The van der Waals surface area contributed by atoms with Gasteiger partial charge in [0.15, 0.2) is 0 Å². The highest BCUT2D eigenvalue weighted by Gasteiger charge is 2.17. The van der Waals surface area contributed by atoms with E-state index in [1.165, 1.54) is 0 Å². The van der Waals surface area contributed by atoms with Gasteiger partial charge in [-0.3, -0.25) is 5.41 Å². The minimum absolute atomic E-state index is 0.0101. The number of nitrogen functional groups attached to an aromatic ring is 1. The maximum absolute atomic E-state index is 8.98. The van der Waals surface area contributed by atoms with E-state index in [0.717, 1.165) is 5.56 Å². The summed E-state index contributed by atoms with van der Waals surface area (Å²) >= 11 is 0. The molecule has 0 saturated carbocycles. The Morgan fingerprint density at radius 3 is 2.58 bits per heavy atom. The van der Waals surface area contributed by atoms with Crippen LogP contribution in [0.4, 0.5) is 0 Å². The SMILES string of the molecule is Cc1nn(C)c(Oc2ccc(CO)cc2)c1C(=N)N. The average molecular weight is 260 g/mol. The first-order chi connectivity index (χ1) is 9.02. The van der Waals surface area contributed by atoms with Crippen molar-refractivity contribution in [1.82, 2.24) is 9.78 Å². The summed E-state index contributed by atoms with van der Waals surface area (Å²) in [5.74, 6) is 0.956. The fraction of sp³-hybridized carbons (Fsp3) is 0.231. The van der Waals surface area contributed by atoms with E-state index in [2.05, 4.69) is 5.10 Å². The van der Waals surface area contributed by atoms with Gasteiger partial charge in [0.2, 0.25) is 5.88 Å². The van der Waals surface area contributed by atoms with Crippen molar-refractivity contribution < 1.29 is 9.84 Å². The molecule has 2 aromatic rings. The van der Waals surface area contributed by atoms with Gasteiger partial charge >= 0.3 is 0 Å². The van der Waals surface area contributed by atoms with Crippen molar-refractivity contribution in [2.45, 2.75) is 13.5 Å². The average Bonchev–Trinajstić information content (AvgIpc) is 2.65. The van der Waals surface area contributed by atoms with Crippen LogP contribution in [0.3, 0.4) is 0 Å². The van der Waals surface area contributed by atoms with Crippen LogP contribution in [0.25, 0.3) is 0 Å². The van der Waals surface area contributed by atoms with E-state index in [0.29, 0.717) is 22.9 Å². The van der Waals surface area contributed by atoms with Gasteiger partial charge in [-0.05, 0) is 24.6 Å². The molecule has 1 aromatic heterocycles. The smallest absolute Gasteiger partial charge is 0.228 e. The summed E-state index contributed by atoms with van der Waals surface area (Å²) in [6.07, 6.45) is 0. The van der Waals surface area contributed by atoms with Crippen LogP contribution in [0.1, 0.15) is 16.8 Å². The highest BCUT2D eigenvalue weighted by Crippen LogP contribution is 2.26. The summed E-state index contributed by atoms with van der Waals surface area (Å²) in [4.78, 5) is 0. The Morgan fingerprint density at radius 1 is 1.42 bits per heavy atom. The zero-order valence-electron chi connectivity index (χ0n) is 10.8. The van der Waals surface area contributed by atoms with Crippen molar-refractivity contribution in [2.24, 2.45) is 12.8 Å². The monoisotopic (exact) mass is 260 g/mol. The minimum atomic E-state index is -0.0763. The lowest BCUT2D eigenvalue weighted by molar-refractivity contribution is 0.281. The number of nitrogens with zero attached hydrogens (tertiary/aromatic N) is 2. The quantitative estimate of drug-likeness (QED) is 0.570. The molecule has 1 heterocycles. The maximum atomic E-state index is 8.98. The van der Waals surface area contributed by atoms with Crippen molar-refractivity contribution in [3.8, 4) is 11.6 Å². The lowest BCUT2D eigenvalue weighted by atomic mass is 10.2. The zero-order chi connectivity index (χ0) is 14.0. The summed E-state index contributed by atoms with van der Waals surface area (Å²) < 4.78 is 7.27. The number of hydrogen-bond acceptors (Lipinski definition) is 4. The predicted octanol–water partition coefficient (Wildman–Crippen LogP) is 1.30. The molecule has 0 aliphatic rings. The molecule has 4 N–H and O–H groups in total. The molecule has 6 nitrogen and oxygen atoms in total. The van der Waals surface area contributed by atoms with Gasteiger partial charge in [0.1, 0.15) is 17.1 Å². The standard InChI is InChI=1S/C13H16N4O2/c1-8-11(12(14)15)13(17(2)16-8)19-10-5-3-9(7-18)4-6-10/h3-6,18H,7H2,1-2H3,(H3,14,15). The molecule has 0 unspecified atom stereocenters. The molecule has 0 radical (unpaired) electrons. The molecule has 0 bridgehead atoms. The van der Waals surface area contributed by atoms with Gasteiger partial charge in [-0.25, -0.2) is 4.68 Å². The van der Waals surface area contributed by atoms with Gasteiger partial charge in [0.05, 0.1) is 12.3 Å². The molecule has 0 atom stereocenters. The summed E-state index contributed by atoms with van der Waals surface area (Å²) in [6, 6.07) is 7.04. The number of nitrogens with two attached hydrogens (primary N) is 1. The van der Waals surface area contributed by atoms with Gasteiger partial charge in [0.25, 0.3) is 0 Å². The van der Waals surface area contributed by atoms with Crippen molar-refractivity contribution in [3.63, 3.8) is 0 Å². The molecule has 19 heavy (non-hydrogen) atoms. The van der Waals surface area contributed by atoms with E-state index in [1.807, 2.05) is 0 Å². The first kappa shape index (κ1) is 13.1. The van der Waals surface area contributed by atoms with Crippen LogP contribution in [0.2, 0.25) is 0 Å². The lowest BCUT2D eigenvalue weighted by Crippen LogP contribution is -2.13. The Labute approximate surface area is 110 Å². The number of aliphatic hydroxyl groups excluding tert-OH is 1. The molecule has 0 fully saturated rings. The molecular formula is C13H16N4O2. The van der Waals surface area contributed by atoms with Gasteiger partial charge in [-0.15, -0.1) is 0 Å². The first-order valence-corrected chi connectivity index (χ1v) is 5.78. The Morgan fingerprint density at radius 2 is 2.05 bits per heavy atom. The zero-order valence-corrected chi connectivity index (χ0v) is 10.8. The molecule has 0 aliphatic heterocycles. The highest BCUT2D eigenvalue weighted by molar-refractivity contribution is 5.98. The largest absolute Gasteiger partial charge is 0.439 e. The summed E-state index contributed by atoms with van der Waals surface area (Å²) in [5.41, 5.74) is 7.49. The Bertz CT molecular complexity index is 602. The normalized spacial score (nSPS) is 10.5. The van der Waals surface area contributed by atoms with E-state index < -0.39 is 0 Å². The Hall–Kier alpha value is -2.34. The number of aromatic nitrogens is 2. The van der Waals surface area contributed by atoms with E-state index in [1.54, 1.807) is 42.9 Å². The van der Waals surface area contributed by atoms with E-state index in [4.69, 9.17) is 21.0 Å². The van der Waals surface area contributed by atoms with Crippen molar-refractivity contribution in [2.75, 3.05) is 0 Å². The molecule has 2 rings (SSSR count). The first-order valence-electron chi connectivity index (χ1n) is 5.78. The third-order valence-corrected chi connectivity index (χ3v) is 2.76. The molecule has 1 aromatic carbocycles. The molecule has 0 spiro atoms. The van der Waals surface area contributed by atoms with Crippen LogP contribution >= 0.6 is 0 Å². The fourth-order valence-corrected chi connectivity index (χ4v) is 1.84. The second-order valence-corrected chi connectivity index (χ2v) is 4.21. The lowest BCUT2D eigenvalue weighted by Gasteiger charge is -2.08. The molecule has 6 heteroatoms. The van der Waals surface area contributed by atoms with Crippen LogP contribution in [0.5, 0.6) is 11.6 Å². The van der Waals surface area contributed by atoms with E-state index in [-0.39, 0.29) is 12.4 Å². The Kier molecular flexibility index (Phi) is 3.52. The summed E-state index contributed by atoms with van der Waals surface area (Å²) in [7, 11) is 1.73. The molecule has 0 saturated heterocycles. The van der Waals surface area contributed by atoms with Crippen LogP contribution in [0.15, 0.2) is 24.3 Å². The predicted molar refractivity (Wildman–Crippen MR) is 71.4 cm³/mol. The van der Waals surface area contributed by atoms with E-state index in [9.17, 15) is 0 Å². The highest BCUT2D eigenvalue weighted by atomic mass is 16.5. The number of benzene rings is 1. The molecular weight excluding hydrogens is 244 g/mol. The fourth-order valence-electron chi connectivity index (χ4n) is 1.84. The van der Waals surface area contributed by atoms with Gasteiger partial charge < -0.3 is 15.6 Å². The number of rotatable bonds is 4. The third kappa shape index (κ3) is 2.58. The van der Waals surface area contributed by atoms with Crippen molar-refractivity contribution >= 4 is 5.84 Å². The molecule has 100 valence electrons. The number of amidine groups is 1. The van der Waals surface area contributed by atoms with E-state index >= 15 is 0 Å². The minimum Gasteiger partial charge on any atom is -0.439 e. The van der Waals surface area contributed by atoms with Crippen LogP contribution in [-0.4, -0.2) is 20.7 Å². The molecule has 0 aliphatic carbocycles. The van der Waals surface area contributed by atoms with Crippen molar-refractivity contribution in [1.29, 1.82) is 5.41 Å². The number of aliphatic hydroxyl groups is 1. The number of hydrogen-bond donors (Lipinski definition) is 3. The van der Waals surface area contributed by atoms with Crippen LogP contribution in [-0.2, 0) is 13.7 Å². The second-order valence-electron chi connectivity index (χ2n) is 4.21.